The first-order valence-corrected chi connectivity index (χ1v) is 8.69. The zero-order chi connectivity index (χ0) is 15.0. The molecule has 0 aliphatic carbocycles. The van der Waals surface area contributed by atoms with E-state index in [9.17, 15) is 15.3 Å². The third kappa shape index (κ3) is 2.94. The molecule has 6 nitrogen and oxygen atoms in total. The third-order valence-electron chi connectivity index (χ3n) is 4.43. The van der Waals surface area contributed by atoms with Gasteiger partial charge in [0, 0.05) is 13.1 Å². The fourth-order valence-corrected chi connectivity index (χ4v) is 4.48. The van der Waals surface area contributed by atoms with Crippen LogP contribution in [0.4, 0.5) is 0 Å². The van der Waals surface area contributed by atoms with E-state index >= 15 is 0 Å². The van der Waals surface area contributed by atoms with Crippen molar-refractivity contribution in [2.45, 2.75) is 68.5 Å². The second-order valence-electron chi connectivity index (χ2n) is 6.02. The van der Waals surface area contributed by atoms with Crippen LogP contribution in [0.25, 0.3) is 0 Å². The number of aliphatic imine (C=N–C) groups is 1. The van der Waals surface area contributed by atoms with Crippen molar-refractivity contribution in [3.05, 3.63) is 0 Å². The first-order valence-electron chi connectivity index (χ1n) is 7.81. The van der Waals surface area contributed by atoms with Crippen molar-refractivity contribution in [3.63, 3.8) is 0 Å². The van der Waals surface area contributed by atoms with Gasteiger partial charge in [0.05, 0.1) is 6.10 Å². The molecule has 0 aromatic carbocycles. The van der Waals surface area contributed by atoms with Crippen LogP contribution in [0.1, 0.15) is 32.6 Å². The lowest BCUT2D eigenvalue weighted by molar-refractivity contribution is -0.185. The minimum Gasteiger partial charge on any atom is -0.390 e. The fraction of sp³-hybridized carbons (Fsp3) is 0.929. The molecule has 3 heterocycles. The zero-order valence-corrected chi connectivity index (χ0v) is 13.1. The predicted molar refractivity (Wildman–Crippen MR) is 81.2 cm³/mol. The van der Waals surface area contributed by atoms with Crippen LogP contribution in [0.2, 0.25) is 0 Å². The van der Waals surface area contributed by atoms with Crippen molar-refractivity contribution >= 4 is 16.9 Å². The molecular weight excluding hydrogens is 292 g/mol. The monoisotopic (exact) mass is 316 g/mol. The van der Waals surface area contributed by atoms with Crippen LogP contribution < -0.4 is 0 Å². The van der Waals surface area contributed by atoms with Crippen LogP contribution in [0.15, 0.2) is 4.99 Å². The minimum absolute atomic E-state index is 0.310. The molecule has 0 radical (unpaired) electrons. The molecule has 0 aromatic heterocycles. The second-order valence-corrected chi connectivity index (χ2v) is 7.09. The molecule has 0 aromatic rings. The van der Waals surface area contributed by atoms with E-state index in [2.05, 4.69) is 9.89 Å². The van der Waals surface area contributed by atoms with Gasteiger partial charge in [-0.25, -0.2) is 0 Å². The summed E-state index contributed by atoms with van der Waals surface area (Å²) in [4.78, 5) is 6.76. The SMILES string of the molecule is CCC[C@H](O)[C@H]1O[C@@H]2SC(N3CCCC3)=N[C@@H]2[C@@H](O)[C@@H]1O. The summed E-state index contributed by atoms with van der Waals surface area (Å²) in [6, 6.07) is -0.439. The van der Waals surface area contributed by atoms with Crippen molar-refractivity contribution in [1.29, 1.82) is 0 Å². The number of likely N-dealkylation sites (tertiary alicyclic amines) is 1. The summed E-state index contributed by atoms with van der Waals surface area (Å²) in [5.41, 5.74) is -0.310. The molecule has 2 fully saturated rings. The van der Waals surface area contributed by atoms with Crippen LogP contribution >= 0.6 is 11.8 Å². The molecule has 6 atom stereocenters. The number of ether oxygens (including phenoxy) is 1. The Labute approximate surface area is 129 Å². The highest BCUT2D eigenvalue weighted by Gasteiger charge is 2.50. The highest BCUT2D eigenvalue weighted by molar-refractivity contribution is 8.14. The van der Waals surface area contributed by atoms with Crippen molar-refractivity contribution in [2.75, 3.05) is 13.1 Å². The number of hydrogen-bond acceptors (Lipinski definition) is 7. The van der Waals surface area contributed by atoms with E-state index in [4.69, 9.17) is 4.74 Å². The molecule has 0 amide bonds. The second kappa shape index (κ2) is 6.42. The molecule has 0 saturated carbocycles. The van der Waals surface area contributed by atoms with Crippen molar-refractivity contribution in [3.8, 4) is 0 Å². The maximum absolute atomic E-state index is 10.3. The van der Waals surface area contributed by atoms with Crippen LogP contribution in [-0.2, 0) is 4.74 Å². The van der Waals surface area contributed by atoms with Gasteiger partial charge in [0.25, 0.3) is 0 Å². The molecule has 3 N–H and O–H groups in total. The van der Waals surface area contributed by atoms with Gasteiger partial charge >= 0.3 is 0 Å². The Bertz CT molecular complexity index is 402. The van der Waals surface area contributed by atoms with E-state index in [1.54, 1.807) is 0 Å². The summed E-state index contributed by atoms with van der Waals surface area (Å²) in [6.07, 6.45) is 0.135. The van der Waals surface area contributed by atoms with E-state index < -0.39 is 30.5 Å². The molecule has 120 valence electrons. The van der Waals surface area contributed by atoms with Crippen LogP contribution in [-0.4, -0.2) is 74.4 Å². The number of amidine groups is 1. The Balaban J connectivity index is 1.70. The highest BCUT2D eigenvalue weighted by atomic mass is 32.2. The molecular formula is C14H24N2O4S. The van der Waals surface area contributed by atoms with Crippen LogP contribution in [0.5, 0.6) is 0 Å². The Morgan fingerprint density at radius 1 is 1.33 bits per heavy atom. The molecule has 0 unspecified atom stereocenters. The average molecular weight is 316 g/mol. The fourth-order valence-electron chi connectivity index (χ4n) is 3.21. The van der Waals surface area contributed by atoms with Crippen molar-refractivity contribution in [2.24, 2.45) is 4.99 Å². The van der Waals surface area contributed by atoms with Crippen molar-refractivity contribution < 1.29 is 20.1 Å². The van der Waals surface area contributed by atoms with Crippen LogP contribution in [0.3, 0.4) is 0 Å². The molecule has 21 heavy (non-hydrogen) atoms. The largest absolute Gasteiger partial charge is 0.390 e. The first-order chi connectivity index (χ1) is 10.1. The number of hydrogen-bond donors (Lipinski definition) is 3. The lowest BCUT2D eigenvalue weighted by Crippen LogP contribution is -2.58. The van der Waals surface area contributed by atoms with Gasteiger partial charge in [0.2, 0.25) is 0 Å². The molecule has 3 aliphatic heterocycles. The zero-order valence-electron chi connectivity index (χ0n) is 12.3. The number of aliphatic hydroxyl groups excluding tert-OH is 3. The van der Waals surface area contributed by atoms with E-state index in [0.29, 0.717) is 6.42 Å². The molecule has 3 aliphatic rings. The number of rotatable bonds is 3. The summed E-state index contributed by atoms with van der Waals surface area (Å²) in [5, 5.41) is 31.5. The van der Waals surface area contributed by atoms with E-state index in [1.165, 1.54) is 24.6 Å². The Kier molecular flexibility index (Phi) is 4.75. The molecule has 0 bridgehead atoms. The molecule has 0 spiro atoms. The number of thioether (sulfide) groups is 1. The smallest absolute Gasteiger partial charge is 0.162 e. The van der Waals surface area contributed by atoms with E-state index in [-0.39, 0.29) is 5.44 Å². The van der Waals surface area contributed by atoms with E-state index in [0.717, 1.165) is 24.7 Å². The third-order valence-corrected chi connectivity index (χ3v) is 5.62. The van der Waals surface area contributed by atoms with Gasteiger partial charge in [-0.05, 0) is 19.3 Å². The summed E-state index contributed by atoms with van der Waals surface area (Å²) in [6.45, 7) is 3.95. The highest BCUT2D eigenvalue weighted by Crippen LogP contribution is 2.39. The topological polar surface area (TPSA) is 85.5 Å². The Morgan fingerprint density at radius 2 is 2.05 bits per heavy atom. The van der Waals surface area contributed by atoms with Gasteiger partial charge in [0.15, 0.2) is 5.17 Å². The van der Waals surface area contributed by atoms with Crippen LogP contribution in [0, 0.1) is 0 Å². The summed E-state index contributed by atoms with van der Waals surface area (Å²) in [7, 11) is 0. The van der Waals surface area contributed by atoms with Crippen molar-refractivity contribution in [1.82, 2.24) is 4.90 Å². The maximum Gasteiger partial charge on any atom is 0.162 e. The summed E-state index contributed by atoms with van der Waals surface area (Å²) in [5.74, 6) is 0. The van der Waals surface area contributed by atoms with E-state index in [1.807, 2.05) is 6.92 Å². The first kappa shape index (κ1) is 15.6. The lowest BCUT2D eigenvalue weighted by Gasteiger charge is -2.40. The van der Waals surface area contributed by atoms with Gasteiger partial charge in [-0.1, -0.05) is 25.1 Å². The lowest BCUT2D eigenvalue weighted by atomic mass is 9.93. The number of aliphatic hydroxyl groups is 3. The maximum atomic E-state index is 10.3. The summed E-state index contributed by atoms with van der Waals surface area (Å²) >= 11 is 1.51. The molecule has 7 heteroatoms. The minimum atomic E-state index is -1.09. The van der Waals surface area contributed by atoms with Gasteiger partial charge in [-0.2, -0.15) is 0 Å². The predicted octanol–water partition coefficient (Wildman–Crippen LogP) is 0.161. The molecule has 2 saturated heterocycles. The number of nitrogens with zero attached hydrogens (tertiary/aromatic N) is 2. The van der Waals surface area contributed by atoms with Gasteiger partial charge in [0.1, 0.15) is 29.8 Å². The van der Waals surface area contributed by atoms with Gasteiger partial charge < -0.3 is 25.0 Å². The standard InChI is InChI=1S/C14H24N2O4S/c1-2-5-8(17)12-11(19)10(18)9-13(20-12)21-14(15-9)16-6-3-4-7-16/h8-13,17-19H,2-7H2,1H3/t8-,9+,10+,11-,12+,13+/m0/s1. The Hall–Kier alpha value is -0.340. The average Bonchev–Trinajstić information content (AvgIpc) is 3.11. The quantitative estimate of drug-likeness (QED) is 0.688. The number of fused-ring (bicyclic) bond motifs is 1. The Morgan fingerprint density at radius 3 is 2.71 bits per heavy atom. The van der Waals surface area contributed by atoms with Gasteiger partial charge in [-0.3, -0.25) is 4.99 Å². The molecule has 3 rings (SSSR count). The normalized spacial score (nSPS) is 41.0. The summed E-state index contributed by atoms with van der Waals surface area (Å²) < 4.78 is 5.86. The van der Waals surface area contributed by atoms with Gasteiger partial charge in [-0.15, -0.1) is 0 Å².